The Bertz CT molecular complexity index is 676. The molecule has 1 aromatic rings. The van der Waals surface area contributed by atoms with E-state index in [0.29, 0.717) is 12.6 Å². The molecule has 8 heteroatoms. The highest BCUT2D eigenvalue weighted by atomic mass is 16.2. The zero-order valence-electron chi connectivity index (χ0n) is 17.3. The normalized spacial score (nSPS) is 25.4. The summed E-state index contributed by atoms with van der Waals surface area (Å²) in [6.45, 7) is 8.53. The molecule has 0 saturated carbocycles. The first-order valence-corrected chi connectivity index (χ1v) is 10.6. The number of carbonyl (C=O) groups excluding carboxylic acids is 1. The van der Waals surface area contributed by atoms with Gasteiger partial charge in [0, 0.05) is 65.0 Å². The van der Waals surface area contributed by atoms with Crippen LogP contribution in [-0.2, 0) is 4.79 Å². The Balaban J connectivity index is 1.33. The number of rotatable bonds is 4. The van der Waals surface area contributed by atoms with Gasteiger partial charge in [-0.15, -0.1) is 0 Å². The van der Waals surface area contributed by atoms with Crippen LogP contribution in [0.3, 0.4) is 0 Å². The SMILES string of the molecule is CN1CCN(c2cc(N3CCN(CC4CCCCN4C)CC3)ncn2)CC1=O. The highest BCUT2D eigenvalue weighted by molar-refractivity contribution is 5.82. The molecule has 154 valence electrons. The number of piperidine rings is 1. The van der Waals surface area contributed by atoms with E-state index in [9.17, 15) is 4.79 Å². The van der Waals surface area contributed by atoms with E-state index in [2.05, 4.69) is 36.6 Å². The van der Waals surface area contributed by atoms with Crippen LogP contribution in [0.2, 0.25) is 0 Å². The van der Waals surface area contributed by atoms with Crippen LogP contribution in [0.1, 0.15) is 19.3 Å². The van der Waals surface area contributed by atoms with Gasteiger partial charge < -0.3 is 19.6 Å². The zero-order valence-corrected chi connectivity index (χ0v) is 17.3. The zero-order chi connectivity index (χ0) is 19.5. The summed E-state index contributed by atoms with van der Waals surface area (Å²) in [5, 5.41) is 0. The molecule has 3 fully saturated rings. The standard InChI is InChI=1S/C20H33N7O/c1-23-6-4-3-5-17(23)14-25-8-11-26(12-9-25)18-13-19(22-16-21-18)27-10-7-24(2)20(28)15-27/h13,16-17H,3-12,14-15H2,1-2H3. The van der Waals surface area contributed by atoms with Crippen molar-refractivity contribution in [2.24, 2.45) is 0 Å². The van der Waals surface area contributed by atoms with Crippen molar-refractivity contribution in [1.29, 1.82) is 0 Å². The molecule has 1 atom stereocenters. The van der Waals surface area contributed by atoms with Gasteiger partial charge in [0.05, 0.1) is 6.54 Å². The molecular formula is C20H33N7O. The minimum absolute atomic E-state index is 0.146. The minimum Gasteiger partial charge on any atom is -0.354 e. The largest absolute Gasteiger partial charge is 0.354 e. The summed E-state index contributed by atoms with van der Waals surface area (Å²) in [4.78, 5) is 32.3. The molecule has 0 aromatic carbocycles. The van der Waals surface area contributed by atoms with E-state index < -0.39 is 0 Å². The van der Waals surface area contributed by atoms with Gasteiger partial charge in [-0.2, -0.15) is 0 Å². The summed E-state index contributed by atoms with van der Waals surface area (Å²) in [6.07, 6.45) is 5.68. The number of nitrogens with zero attached hydrogens (tertiary/aromatic N) is 7. The van der Waals surface area contributed by atoms with Gasteiger partial charge in [0.25, 0.3) is 0 Å². The van der Waals surface area contributed by atoms with Crippen molar-refractivity contribution in [3.63, 3.8) is 0 Å². The second kappa shape index (κ2) is 8.61. The fourth-order valence-corrected chi connectivity index (χ4v) is 4.47. The lowest BCUT2D eigenvalue weighted by atomic mass is 10.0. The van der Waals surface area contributed by atoms with E-state index in [4.69, 9.17) is 0 Å². The van der Waals surface area contributed by atoms with Gasteiger partial charge in [0.2, 0.25) is 5.91 Å². The molecule has 3 aliphatic rings. The van der Waals surface area contributed by atoms with Gasteiger partial charge in [-0.1, -0.05) is 6.42 Å². The van der Waals surface area contributed by atoms with Crippen LogP contribution < -0.4 is 9.80 Å². The molecule has 28 heavy (non-hydrogen) atoms. The third-order valence-corrected chi connectivity index (χ3v) is 6.51. The highest BCUT2D eigenvalue weighted by Crippen LogP contribution is 2.21. The van der Waals surface area contributed by atoms with Gasteiger partial charge in [-0.05, 0) is 26.4 Å². The summed E-state index contributed by atoms with van der Waals surface area (Å²) < 4.78 is 0. The van der Waals surface area contributed by atoms with E-state index in [0.717, 1.165) is 50.9 Å². The fraction of sp³-hybridized carbons (Fsp3) is 0.750. The number of anilines is 2. The van der Waals surface area contributed by atoms with Crippen molar-refractivity contribution >= 4 is 17.5 Å². The average Bonchev–Trinajstić information content (AvgIpc) is 2.72. The molecule has 0 N–H and O–H groups in total. The van der Waals surface area contributed by atoms with Crippen molar-refractivity contribution < 1.29 is 4.79 Å². The van der Waals surface area contributed by atoms with Crippen LogP contribution in [0.4, 0.5) is 11.6 Å². The summed E-state index contributed by atoms with van der Waals surface area (Å²) in [7, 11) is 4.13. The monoisotopic (exact) mass is 387 g/mol. The van der Waals surface area contributed by atoms with Crippen molar-refractivity contribution in [3.05, 3.63) is 12.4 Å². The Morgan fingerprint density at radius 2 is 1.64 bits per heavy atom. The minimum atomic E-state index is 0.146. The first kappa shape index (κ1) is 19.4. The number of carbonyl (C=O) groups is 1. The molecule has 0 radical (unpaired) electrons. The predicted molar refractivity (Wildman–Crippen MR) is 111 cm³/mol. The summed E-state index contributed by atoms with van der Waals surface area (Å²) in [5.74, 6) is 1.98. The van der Waals surface area contributed by atoms with E-state index in [1.165, 1.54) is 32.4 Å². The molecule has 1 unspecified atom stereocenters. The molecule has 3 aliphatic heterocycles. The molecule has 8 nitrogen and oxygen atoms in total. The van der Waals surface area contributed by atoms with Crippen LogP contribution >= 0.6 is 0 Å². The molecule has 4 heterocycles. The van der Waals surface area contributed by atoms with Crippen LogP contribution in [0.5, 0.6) is 0 Å². The van der Waals surface area contributed by atoms with Crippen LogP contribution in [-0.4, -0.2) is 110 Å². The summed E-state index contributed by atoms with van der Waals surface area (Å²) in [5.41, 5.74) is 0. The van der Waals surface area contributed by atoms with Gasteiger partial charge >= 0.3 is 0 Å². The van der Waals surface area contributed by atoms with Crippen molar-refractivity contribution in [2.45, 2.75) is 25.3 Å². The molecular weight excluding hydrogens is 354 g/mol. The topological polar surface area (TPSA) is 59.1 Å². The molecule has 0 bridgehead atoms. The third-order valence-electron chi connectivity index (χ3n) is 6.51. The number of hydrogen-bond acceptors (Lipinski definition) is 7. The average molecular weight is 388 g/mol. The van der Waals surface area contributed by atoms with Crippen LogP contribution in [0.25, 0.3) is 0 Å². The maximum absolute atomic E-state index is 12.0. The number of likely N-dealkylation sites (N-methyl/N-ethyl adjacent to an activating group) is 2. The van der Waals surface area contributed by atoms with Crippen LogP contribution in [0.15, 0.2) is 12.4 Å². The third kappa shape index (κ3) is 4.38. The van der Waals surface area contributed by atoms with Gasteiger partial charge in [-0.3, -0.25) is 9.69 Å². The van der Waals surface area contributed by atoms with Gasteiger partial charge in [-0.25, -0.2) is 9.97 Å². The van der Waals surface area contributed by atoms with E-state index in [-0.39, 0.29) is 5.91 Å². The Labute approximate surface area is 168 Å². The number of hydrogen-bond donors (Lipinski definition) is 0. The second-order valence-corrected chi connectivity index (χ2v) is 8.39. The Hall–Kier alpha value is -1.93. The predicted octanol–water partition coefficient (Wildman–Crippen LogP) is 0.361. The molecule has 3 saturated heterocycles. The number of amides is 1. The lowest BCUT2D eigenvalue weighted by Crippen LogP contribution is -2.52. The maximum Gasteiger partial charge on any atom is 0.241 e. The summed E-state index contributed by atoms with van der Waals surface area (Å²) >= 11 is 0. The fourth-order valence-electron chi connectivity index (χ4n) is 4.47. The number of piperazine rings is 2. The Morgan fingerprint density at radius 1 is 0.929 bits per heavy atom. The molecule has 1 aromatic heterocycles. The molecule has 0 aliphatic carbocycles. The Kier molecular flexibility index (Phi) is 5.96. The lowest BCUT2D eigenvalue weighted by Gasteiger charge is -2.40. The van der Waals surface area contributed by atoms with E-state index in [1.54, 1.807) is 11.2 Å². The maximum atomic E-state index is 12.0. The number of likely N-dealkylation sites (tertiary alicyclic amines) is 1. The van der Waals surface area contributed by atoms with Gasteiger partial charge in [0.1, 0.15) is 18.0 Å². The Morgan fingerprint density at radius 3 is 2.36 bits per heavy atom. The highest BCUT2D eigenvalue weighted by Gasteiger charge is 2.26. The number of aromatic nitrogens is 2. The summed E-state index contributed by atoms with van der Waals surface area (Å²) in [6, 6.07) is 2.75. The van der Waals surface area contributed by atoms with Gasteiger partial charge in [0.15, 0.2) is 0 Å². The lowest BCUT2D eigenvalue weighted by molar-refractivity contribution is -0.129. The smallest absolute Gasteiger partial charge is 0.241 e. The molecule has 4 rings (SSSR count). The van der Waals surface area contributed by atoms with Crippen molar-refractivity contribution in [2.75, 3.05) is 82.8 Å². The first-order chi connectivity index (χ1) is 13.6. The molecule has 1 amide bonds. The van der Waals surface area contributed by atoms with E-state index in [1.807, 2.05) is 13.1 Å². The van der Waals surface area contributed by atoms with Crippen molar-refractivity contribution in [3.8, 4) is 0 Å². The van der Waals surface area contributed by atoms with Crippen molar-refractivity contribution in [1.82, 2.24) is 24.7 Å². The quantitative estimate of drug-likeness (QED) is 0.739. The second-order valence-electron chi connectivity index (χ2n) is 8.39. The van der Waals surface area contributed by atoms with E-state index >= 15 is 0 Å². The molecule has 0 spiro atoms. The first-order valence-electron chi connectivity index (χ1n) is 10.6. The van der Waals surface area contributed by atoms with Crippen LogP contribution in [0, 0.1) is 0 Å².